The minimum Gasteiger partial charge on any atom is -0.388 e. The molecule has 0 amide bonds. The Kier molecular flexibility index (Phi) is 5.47. The van der Waals surface area contributed by atoms with Gasteiger partial charge in [0.15, 0.2) is 0 Å². The number of ether oxygens (including phenoxy) is 2. The first kappa shape index (κ1) is 20.2. The molecule has 2 aliphatic rings. The molecule has 0 bridgehead atoms. The molecular formula is C22H28N6O3. The van der Waals surface area contributed by atoms with Gasteiger partial charge in [-0.1, -0.05) is 12.1 Å². The van der Waals surface area contributed by atoms with Crippen molar-refractivity contribution in [3.05, 3.63) is 36.2 Å². The summed E-state index contributed by atoms with van der Waals surface area (Å²) in [6.07, 6.45) is 0.112. The Morgan fingerprint density at radius 1 is 1.00 bits per heavy atom. The third-order valence-corrected chi connectivity index (χ3v) is 6.17. The molecule has 2 saturated heterocycles. The summed E-state index contributed by atoms with van der Waals surface area (Å²) in [4.78, 5) is 19.0. The van der Waals surface area contributed by atoms with E-state index in [-0.39, 0.29) is 18.8 Å². The summed E-state index contributed by atoms with van der Waals surface area (Å²) in [6.45, 7) is 8.40. The van der Waals surface area contributed by atoms with Crippen LogP contribution in [0.25, 0.3) is 17.0 Å². The van der Waals surface area contributed by atoms with E-state index in [2.05, 4.69) is 34.7 Å². The van der Waals surface area contributed by atoms with Crippen LogP contribution in [0.5, 0.6) is 0 Å². The molecule has 3 aromatic rings. The molecule has 0 radical (unpaired) electrons. The largest absolute Gasteiger partial charge is 0.388 e. The van der Waals surface area contributed by atoms with Crippen LogP contribution in [0.3, 0.4) is 0 Å². The van der Waals surface area contributed by atoms with Gasteiger partial charge in [-0.25, -0.2) is 4.98 Å². The number of fused-ring (bicyclic) bond motifs is 1. The zero-order valence-electron chi connectivity index (χ0n) is 17.9. The third kappa shape index (κ3) is 3.73. The third-order valence-electron chi connectivity index (χ3n) is 6.17. The average Bonchev–Trinajstić information content (AvgIpc) is 3.20. The minimum absolute atomic E-state index is 0.112. The van der Waals surface area contributed by atoms with Gasteiger partial charge in [-0.2, -0.15) is 9.97 Å². The zero-order valence-corrected chi connectivity index (χ0v) is 17.9. The summed E-state index contributed by atoms with van der Waals surface area (Å²) in [5.41, 5.74) is 1.68. The predicted molar refractivity (Wildman–Crippen MR) is 118 cm³/mol. The molecule has 2 fully saturated rings. The van der Waals surface area contributed by atoms with Crippen LogP contribution in [0.1, 0.15) is 19.7 Å². The second-order valence-corrected chi connectivity index (χ2v) is 8.00. The van der Waals surface area contributed by atoms with Crippen molar-refractivity contribution < 1.29 is 14.6 Å². The van der Waals surface area contributed by atoms with Crippen LogP contribution in [0, 0.1) is 0 Å². The maximum absolute atomic E-state index is 10.0. The number of benzene rings is 1. The van der Waals surface area contributed by atoms with Crippen LogP contribution in [0.2, 0.25) is 0 Å². The number of anilines is 2. The highest BCUT2D eigenvalue weighted by Crippen LogP contribution is 2.28. The van der Waals surface area contributed by atoms with E-state index >= 15 is 0 Å². The summed E-state index contributed by atoms with van der Waals surface area (Å²) >= 11 is 0. The highest BCUT2D eigenvalue weighted by molar-refractivity contribution is 5.77. The van der Waals surface area contributed by atoms with E-state index in [4.69, 9.17) is 19.4 Å². The summed E-state index contributed by atoms with van der Waals surface area (Å²) in [6, 6.07) is 10.1. The lowest BCUT2D eigenvalue weighted by Crippen LogP contribution is -2.49. The molecule has 1 aromatic carbocycles. The smallest absolute Gasteiger partial charge is 0.239 e. The van der Waals surface area contributed by atoms with Crippen molar-refractivity contribution in [2.75, 3.05) is 49.3 Å². The topological polar surface area (TPSA) is 88.8 Å². The molecule has 2 aliphatic heterocycles. The number of aliphatic hydroxyl groups is 1. The fraction of sp³-hybridized carbons (Fsp3) is 0.500. The van der Waals surface area contributed by atoms with Crippen molar-refractivity contribution >= 4 is 22.7 Å². The Balaban J connectivity index is 1.67. The van der Waals surface area contributed by atoms with Crippen molar-refractivity contribution in [2.45, 2.75) is 32.6 Å². The van der Waals surface area contributed by atoms with Crippen LogP contribution in [-0.4, -0.2) is 76.2 Å². The number of hydrogen-bond acceptors (Lipinski definition) is 8. The second-order valence-electron chi connectivity index (χ2n) is 8.00. The molecule has 0 unspecified atom stereocenters. The van der Waals surface area contributed by atoms with Crippen molar-refractivity contribution in [2.24, 2.45) is 0 Å². The van der Waals surface area contributed by atoms with Crippen LogP contribution < -0.4 is 9.80 Å². The zero-order chi connectivity index (χ0) is 21.4. The lowest BCUT2D eigenvalue weighted by molar-refractivity contribution is 0.0281. The lowest BCUT2D eigenvalue weighted by Gasteiger charge is -2.39. The Hall–Kier alpha value is -2.75. The van der Waals surface area contributed by atoms with E-state index in [9.17, 15) is 5.11 Å². The maximum atomic E-state index is 10.0. The first-order chi connectivity index (χ1) is 15.2. The van der Waals surface area contributed by atoms with Gasteiger partial charge in [-0.3, -0.25) is 4.57 Å². The molecule has 4 heterocycles. The summed E-state index contributed by atoms with van der Waals surface area (Å²) in [5.74, 6) is 2.75. The number of imidazole rings is 1. The fourth-order valence-electron chi connectivity index (χ4n) is 4.27. The van der Waals surface area contributed by atoms with Gasteiger partial charge in [0.25, 0.3) is 0 Å². The van der Waals surface area contributed by atoms with Crippen LogP contribution in [-0.2, 0) is 16.1 Å². The highest BCUT2D eigenvalue weighted by atomic mass is 16.5. The van der Waals surface area contributed by atoms with E-state index in [1.807, 2.05) is 28.8 Å². The first-order valence-electron chi connectivity index (χ1n) is 10.8. The Bertz CT molecular complexity index is 1060. The van der Waals surface area contributed by atoms with Gasteiger partial charge in [0.05, 0.1) is 43.0 Å². The molecule has 164 valence electrons. The van der Waals surface area contributed by atoms with E-state index in [0.717, 1.165) is 42.3 Å². The van der Waals surface area contributed by atoms with Gasteiger partial charge in [0.1, 0.15) is 24.1 Å². The van der Waals surface area contributed by atoms with Crippen molar-refractivity contribution in [3.63, 3.8) is 0 Å². The van der Waals surface area contributed by atoms with Crippen molar-refractivity contribution in [1.82, 2.24) is 19.5 Å². The fourth-order valence-corrected chi connectivity index (χ4v) is 4.27. The van der Waals surface area contributed by atoms with Gasteiger partial charge in [-0.05, 0) is 26.0 Å². The van der Waals surface area contributed by atoms with E-state index in [1.54, 1.807) is 0 Å². The molecule has 2 atom stereocenters. The molecule has 9 nitrogen and oxygen atoms in total. The van der Waals surface area contributed by atoms with Crippen molar-refractivity contribution in [3.8, 4) is 5.95 Å². The SMILES string of the molecule is C[C@H]1OCCN(c2cc(N3CCOCC3)nc(-n3c(CO)nc4ccccc43)n2)[C@H]1C. The summed E-state index contributed by atoms with van der Waals surface area (Å²) < 4.78 is 13.2. The number of nitrogens with zero attached hydrogens (tertiary/aromatic N) is 6. The Labute approximate surface area is 181 Å². The number of hydrogen-bond donors (Lipinski definition) is 1. The lowest BCUT2D eigenvalue weighted by atomic mass is 10.1. The Morgan fingerprint density at radius 2 is 1.77 bits per heavy atom. The second kappa shape index (κ2) is 8.41. The first-order valence-corrected chi connectivity index (χ1v) is 10.8. The molecule has 1 N–H and O–H groups in total. The van der Waals surface area contributed by atoms with Crippen LogP contribution >= 0.6 is 0 Å². The molecule has 9 heteroatoms. The molecule has 0 saturated carbocycles. The van der Waals surface area contributed by atoms with E-state index in [0.29, 0.717) is 31.6 Å². The predicted octanol–water partition coefficient (Wildman–Crippen LogP) is 1.76. The van der Waals surface area contributed by atoms with Crippen LogP contribution in [0.15, 0.2) is 30.3 Å². The molecule has 0 aliphatic carbocycles. The Morgan fingerprint density at radius 3 is 2.58 bits per heavy atom. The average molecular weight is 425 g/mol. The number of rotatable bonds is 4. The molecule has 2 aromatic heterocycles. The standard InChI is InChI=1S/C22H28N6O3/c1-15-16(2)31-12-9-27(15)20-13-19(26-7-10-30-11-8-26)24-22(25-20)28-18-6-4-3-5-17(18)23-21(28)14-29/h3-6,13,15-16,29H,7-12,14H2,1-2H3/t15-,16+/m0/s1. The number of aromatic nitrogens is 4. The minimum atomic E-state index is -0.194. The summed E-state index contributed by atoms with van der Waals surface area (Å²) in [7, 11) is 0. The highest BCUT2D eigenvalue weighted by Gasteiger charge is 2.28. The van der Waals surface area contributed by atoms with Crippen molar-refractivity contribution in [1.29, 1.82) is 0 Å². The molecule has 0 spiro atoms. The van der Waals surface area contributed by atoms with Gasteiger partial charge in [-0.15, -0.1) is 0 Å². The normalized spacial score (nSPS) is 22.3. The van der Waals surface area contributed by atoms with Gasteiger partial charge >= 0.3 is 0 Å². The maximum Gasteiger partial charge on any atom is 0.239 e. The molecule has 31 heavy (non-hydrogen) atoms. The summed E-state index contributed by atoms with van der Waals surface area (Å²) in [5, 5.41) is 10.0. The van der Waals surface area contributed by atoms with Crippen LogP contribution in [0.4, 0.5) is 11.6 Å². The number of morpholine rings is 2. The van der Waals surface area contributed by atoms with Gasteiger partial charge in [0, 0.05) is 25.7 Å². The monoisotopic (exact) mass is 424 g/mol. The van der Waals surface area contributed by atoms with Gasteiger partial charge < -0.3 is 24.4 Å². The number of aliphatic hydroxyl groups excluding tert-OH is 1. The quantitative estimate of drug-likeness (QED) is 0.678. The van der Waals surface area contributed by atoms with E-state index < -0.39 is 0 Å². The molecular weight excluding hydrogens is 396 g/mol. The molecule has 5 rings (SSSR count). The number of para-hydroxylation sites is 2. The van der Waals surface area contributed by atoms with Gasteiger partial charge in [0.2, 0.25) is 5.95 Å². The van der Waals surface area contributed by atoms with E-state index in [1.165, 1.54) is 0 Å².